The van der Waals surface area contributed by atoms with Crippen LogP contribution in [-0.2, 0) is 11.2 Å². The molecule has 0 saturated heterocycles. The van der Waals surface area contributed by atoms with E-state index in [1.807, 2.05) is 60.7 Å². The Bertz CT molecular complexity index is 1020. The molecule has 28 heavy (non-hydrogen) atoms. The number of rotatable bonds is 3. The van der Waals surface area contributed by atoms with Gasteiger partial charge in [-0.1, -0.05) is 48.5 Å². The molecule has 0 radical (unpaired) electrons. The molecule has 2 amide bonds. The van der Waals surface area contributed by atoms with Gasteiger partial charge in [-0.15, -0.1) is 0 Å². The van der Waals surface area contributed by atoms with Crippen LogP contribution in [0.4, 0.5) is 5.69 Å². The molecule has 1 N–H and O–H groups in total. The van der Waals surface area contributed by atoms with Gasteiger partial charge in [-0.25, -0.2) is 0 Å². The maximum absolute atomic E-state index is 13.4. The van der Waals surface area contributed by atoms with Crippen LogP contribution >= 0.6 is 0 Å². The molecule has 4 rings (SSSR count). The Labute approximate surface area is 164 Å². The van der Waals surface area contributed by atoms with E-state index in [1.165, 1.54) is 6.92 Å². The van der Waals surface area contributed by atoms with E-state index in [0.29, 0.717) is 18.5 Å². The van der Waals surface area contributed by atoms with Gasteiger partial charge in [0.05, 0.1) is 11.6 Å². The molecular formula is C23H21N3O2. The van der Waals surface area contributed by atoms with Gasteiger partial charge in [0, 0.05) is 37.1 Å². The van der Waals surface area contributed by atoms with Crippen LogP contribution in [0.25, 0.3) is 11.1 Å². The number of benzene rings is 2. The van der Waals surface area contributed by atoms with Crippen molar-refractivity contribution in [2.45, 2.75) is 19.4 Å². The lowest BCUT2D eigenvalue weighted by Gasteiger charge is -2.35. The highest BCUT2D eigenvalue weighted by Gasteiger charge is 2.29. The van der Waals surface area contributed by atoms with Crippen LogP contribution in [0.2, 0.25) is 0 Å². The van der Waals surface area contributed by atoms with Gasteiger partial charge in [0.1, 0.15) is 0 Å². The number of para-hydroxylation sites is 1. The first-order valence-electron chi connectivity index (χ1n) is 9.29. The number of hydrogen-bond donors (Lipinski definition) is 1. The van der Waals surface area contributed by atoms with Crippen molar-refractivity contribution in [3.8, 4) is 11.1 Å². The minimum atomic E-state index is -0.118. The number of nitrogens with one attached hydrogen (secondary N) is 1. The Hall–Kier alpha value is -3.47. The Kier molecular flexibility index (Phi) is 4.89. The molecule has 0 unspecified atom stereocenters. The number of fused-ring (bicyclic) bond motifs is 1. The predicted molar refractivity (Wildman–Crippen MR) is 109 cm³/mol. The minimum absolute atomic E-state index is 0.0930. The predicted octanol–water partition coefficient (Wildman–Crippen LogP) is 3.46. The molecule has 5 nitrogen and oxygen atoms in total. The van der Waals surface area contributed by atoms with Crippen molar-refractivity contribution in [1.82, 2.24) is 10.3 Å². The molecule has 1 aromatic heterocycles. The zero-order chi connectivity index (χ0) is 19.5. The van der Waals surface area contributed by atoms with Crippen LogP contribution in [0.15, 0.2) is 73.1 Å². The van der Waals surface area contributed by atoms with E-state index in [-0.39, 0.29) is 17.9 Å². The van der Waals surface area contributed by atoms with Crippen molar-refractivity contribution in [2.24, 2.45) is 0 Å². The quantitative estimate of drug-likeness (QED) is 0.767. The van der Waals surface area contributed by atoms with Crippen molar-refractivity contribution in [1.29, 1.82) is 0 Å². The smallest absolute Gasteiger partial charge is 0.259 e. The SMILES string of the molecule is CC(=O)N[C@@H]1Cc2ccccc2N(C(=O)c2cncc(-c3ccccc3)c2)C1. The molecule has 3 aromatic rings. The number of nitrogens with zero attached hydrogens (tertiary/aromatic N) is 2. The minimum Gasteiger partial charge on any atom is -0.351 e. The third-order valence-electron chi connectivity index (χ3n) is 4.90. The average molecular weight is 371 g/mol. The third kappa shape index (κ3) is 3.64. The number of pyridine rings is 1. The summed E-state index contributed by atoms with van der Waals surface area (Å²) in [5.74, 6) is -0.211. The van der Waals surface area contributed by atoms with Gasteiger partial charge in [0.25, 0.3) is 5.91 Å². The van der Waals surface area contributed by atoms with Crippen LogP contribution in [0, 0.1) is 0 Å². The molecule has 1 aliphatic rings. The largest absolute Gasteiger partial charge is 0.351 e. The highest BCUT2D eigenvalue weighted by atomic mass is 16.2. The summed E-state index contributed by atoms with van der Waals surface area (Å²) < 4.78 is 0. The summed E-state index contributed by atoms with van der Waals surface area (Å²) in [6.45, 7) is 1.94. The molecule has 0 aliphatic carbocycles. The van der Waals surface area contributed by atoms with Crippen LogP contribution < -0.4 is 10.2 Å². The van der Waals surface area contributed by atoms with E-state index in [1.54, 1.807) is 17.3 Å². The standard InChI is InChI=1S/C23H21N3O2/c1-16(27)25-21-12-18-9-5-6-10-22(18)26(15-21)23(28)20-11-19(13-24-14-20)17-7-3-2-4-8-17/h2-11,13-14,21H,12,15H2,1H3,(H,25,27)/t21-/m1/s1. The summed E-state index contributed by atoms with van der Waals surface area (Å²) in [6.07, 6.45) is 4.07. The number of aromatic nitrogens is 1. The van der Waals surface area contributed by atoms with E-state index in [0.717, 1.165) is 22.4 Å². The topological polar surface area (TPSA) is 62.3 Å². The molecule has 2 aromatic carbocycles. The first kappa shape index (κ1) is 17.9. The first-order chi connectivity index (χ1) is 13.6. The van der Waals surface area contributed by atoms with Crippen LogP contribution in [0.5, 0.6) is 0 Å². The van der Waals surface area contributed by atoms with E-state index in [2.05, 4.69) is 10.3 Å². The average Bonchev–Trinajstić information content (AvgIpc) is 2.73. The molecule has 0 bridgehead atoms. The molecule has 140 valence electrons. The molecular weight excluding hydrogens is 350 g/mol. The van der Waals surface area contributed by atoms with Gasteiger partial charge < -0.3 is 10.2 Å². The Morgan fingerprint density at radius 1 is 1.00 bits per heavy atom. The zero-order valence-electron chi connectivity index (χ0n) is 15.6. The molecule has 0 spiro atoms. The summed E-state index contributed by atoms with van der Waals surface area (Å²) in [7, 11) is 0. The summed E-state index contributed by atoms with van der Waals surface area (Å²) in [6, 6.07) is 19.5. The normalized spacial score (nSPS) is 15.6. The van der Waals surface area contributed by atoms with Crippen molar-refractivity contribution in [3.05, 3.63) is 84.2 Å². The van der Waals surface area contributed by atoms with Crippen molar-refractivity contribution >= 4 is 17.5 Å². The monoisotopic (exact) mass is 371 g/mol. The lowest BCUT2D eigenvalue weighted by atomic mass is 9.96. The Morgan fingerprint density at radius 3 is 2.54 bits per heavy atom. The second-order valence-electron chi connectivity index (χ2n) is 6.97. The molecule has 2 heterocycles. The van der Waals surface area contributed by atoms with Gasteiger partial charge in [-0.3, -0.25) is 14.6 Å². The summed E-state index contributed by atoms with van der Waals surface area (Å²) in [5.41, 5.74) is 4.38. The van der Waals surface area contributed by atoms with Crippen molar-refractivity contribution in [2.75, 3.05) is 11.4 Å². The van der Waals surface area contributed by atoms with Crippen LogP contribution in [-0.4, -0.2) is 29.4 Å². The maximum atomic E-state index is 13.4. The van der Waals surface area contributed by atoms with Gasteiger partial charge >= 0.3 is 0 Å². The Morgan fingerprint density at radius 2 is 1.75 bits per heavy atom. The number of amides is 2. The van der Waals surface area contributed by atoms with Crippen molar-refractivity contribution < 1.29 is 9.59 Å². The van der Waals surface area contributed by atoms with E-state index in [4.69, 9.17) is 0 Å². The molecule has 0 fully saturated rings. The van der Waals surface area contributed by atoms with Crippen molar-refractivity contribution in [3.63, 3.8) is 0 Å². The molecule has 5 heteroatoms. The summed E-state index contributed by atoms with van der Waals surface area (Å²) >= 11 is 0. The first-order valence-corrected chi connectivity index (χ1v) is 9.29. The van der Waals surface area contributed by atoms with Gasteiger partial charge in [-0.05, 0) is 29.7 Å². The fourth-order valence-electron chi connectivity index (χ4n) is 3.67. The van der Waals surface area contributed by atoms with Crippen LogP contribution in [0.1, 0.15) is 22.8 Å². The van der Waals surface area contributed by atoms with E-state index >= 15 is 0 Å². The van der Waals surface area contributed by atoms with Gasteiger partial charge in [0.2, 0.25) is 5.91 Å². The Balaban J connectivity index is 1.68. The summed E-state index contributed by atoms with van der Waals surface area (Å²) in [4.78, 5) is 30.9. The maximum Gasteiger partial charge on any atom is 0.259 e. The third-order valence-corrected chi connectivity index (χ3v) is 4.90. The highest BCUT2D eigenvalue weighted by Crippen LogP contribution is 2.29. The summed E-state index contributed by atoms with van der Waals surface area (Å²) in [5, 5.41) is 2.95. The number of carbonyl (C=O) groups is 2. The zero-order valence-corrected chi connectivity index (χ0v) is 15.6. The number of hydrogen-bond acceptors (Lipinski definition) is 3. The highest BCUT2D eigenvalue weighted by molar-refractivity contribution is 6.07. The second kappa shape index (κ2) is 7.64. The van der Waals surface area contributed by atoms with E-state index < -0.39 is 0 Å². The van der Waals surface area contributed by atoms with Gasteiger partial charge in [-0.2, -0.15) is 0 Å². The molecule has 0 saturated carbocycles. The van der Waals surface area contributed by atoms with Gasteiger partial charge in [0.15, 0.2) is 0 Å². The fraction of sp³-hybridized carbons (Fsp3) is 0.174. The number of carbonyl (C=O) groups excluding carboxylic acids is 2. The lowest BCUT2D eigenvalue weighted by Crippen LogP contribution is -2.49. The van der Waals surface area contributed by atoms with Crippen LogP contribution in [0.3, 0.4) is 0 Å². The molecule has 1 atom stereocenters. The molecule has 1 aliphatic heterocycles. The fourth-order valence-corrected chi connectivity index (χ4v) is 3.67. The van der Waals surface area contributed by atoms with E-state index in [9.17, 15) is 9.59 Å². The lowest BCUT2D eigenvalue weighted by molar-refractivity contribution is -0.119. The second-order valence-corrected chi connectivity index (χ2v) is 6.97. The number of anilines is 1.